The van der Waals surface area contributed by atoms with Crippen molar-refractivity contribution in [2.75, 3.05) is 0 Å². The van der Waals surface area contributed by atoms with E-state index in [-0.39, 0.29) is 0 Å². The highest BCUT2D eigenvalue weighted by Gasteiger charge is 2.14. The van der Waals surface area contributed by atoms with Gasteiger partial charge in [0, 0.05) is 9.37 Å². The Bertz CT molecular complexity index is 250. The molecule has 12 heavy (non-hydrogen) atoms. The molecule has 0 nitrogen and oxygen atoms in total. The number of hydrogen-bond donors (Lipinski definition) is 0. The molecule has 0 saturated heterocycles. The van der Waals surface area contributed by atoms with Crippen molar-refractivity contribution in [3.8, 4) is 0 Å². The lowest BCUT2D eigenvalue weighted by atomic mass is 10.4. The highest BCUT2D eigenvalue weighted by molar-refractivity contribution is 9.10. The van der Waals surface area contributed by atoms with Gasteiger partial charge in [0.1, 0.15) is 7.22 Å². The molecule has 66 valence electrons. The van der Waals surface area contributed by atoms with Gasteiger partial charge in [-0.05, 0) is 24.3 Å². The van der Waals surface area contributed by atoms with Gasteiger partial charge < -0.3 is 0 Å². The first-order valence-corrected chi connectivity index (χ1v) is 9.75. The van der Waals surface area contributed by atoms with Gasteiger partial charge in [-0.25, -0.2) is 0 Å². The predicted octanol–water partition coefficient (Wildman–Crippen LogP) is 4.38. The van der Waals surface area contributed by atoms with Crippen LogP contribution in [0.5, 0.6) is 0 Å². The third-order valence-corrected chi connectivity index (χ3v) is 5.43. The third-order valence-electron chi connectivity index (χ3n) is 1.24. The van der Waals surface area contributed by atoms with Gasteiger partial charge in [0.05, 0.1) is 0 Å². The van der Waals surface area contributed by atoms with E-state index in [9.17, 15) is 0 Å². The first-order chi connectivity index (χ1) is 5.47. The largest absolute Gasteiger partial charge is 0.152 e. The fourth-order valence-electron chi connectivity index (χ4n) is 0.856. The standard InChI is InChI=1S/C9H13BrSSi/c1-12(2,3)11-9-6-4-8(10)5-7-9/h4-7H,1-3H3. The molecule has 0 aliphatic heterocycles. The molecule has 0 aromatic heterocycles. The van der Waals surface area contributed by atoms with Crippen LogP contribution in [0.25, 0.3) is 0 Å². The van der Waals surface area contributed by atoms with Gasteiger partial charge in [-0.2, -0.15) is 11.2 Å². The molecular weight excluding hydrogens is 248 g/mol. The highest BCUT2D eigenvalue weighted by atomic mass is 79.9. The van der Waals surface area contributed by atoms with Crippen LogP contribution >= 0.6 is 27.1 Å². The van der Waals surface area contributed by atoms with Crippen LogP contribution in [0.3, 0.4) is 0 Å². The molecular formula is C9H13BrSSi. The normalized spacial score (nSPS) is 11.7. The van der Waals surface area contributed by atoms with Gasteiger partial charge in [-0.1, -0.05) is 35.6 Å². The minimum absolute atomic E-state index is 1.01. The van der Waals surface area contributed by atoms with Crippen LogP contribution in [0.15, 0.2) is 33.6 Å². The second kappa shape index (κ2) is 3.98. The second-order valence-electron chi connectivity index (χ2n) is 3.67. The van der Waals surface area contributed by atoms with Gasteiger partial charge in [0.25, 0.3) is 0 Å². The van der Waals surface area contributed by atoms with Gasteiger partial charge in [0.2, 0.25) is 0 Å². The second-order valence-corrected chi connectivity index (χ2v) is 13.8. The van der Waals surface area contributed by atoms with Crippen LogP contribution in [-0.2, 0) is 0 Å². The van der Waals surface area contributed by atoms with E-state index in [2.05, 4.69) is 59.8 Å². The van der Waals surface area contributed by atoms with Crippen LogP contribution in [-0.4, -0.2) is 7.22 Å². The maximum atomic E-state index is 3.43. The molecule has 0 N–H and O–H groups in total. The lowest BCUT2D eigenvalue weighted by molar-refractivity contribution is 1.45. The number of rotatable bonds is 2. The van der Waals surface area contributed by atoms with E-state index in [0.29, 0.717) is 0 Å². The summed E-state index contributed by atoms with van der Waals surface area (Å²) >= 11 is 5.45. The molecule has 0 aliphatic carbocycles. The molecule has 0 unspecified atom stereocenters. The first kappa shape index (κ1) is 10.3. The third kappa shape index (κ3) is 3.78. The fourth-order valence-corrected chi connectivity index (χ4v) is 4.63. The Morgan fingerprint density at radius 1 is 1.08 bits per heavy atom. The number of hydrogen-bond acceptors (Lipinski definition) is 1. The van der Waals surface area contributed by atoms with Crippen LogP contribution in [0.1, 0.15) is 0 Å². The minimum atomic E-state index is -1.01. The Labute approximate surface area is 87.5 Å². The average molecular weight is 261 g/mol. The smallest absolute Gasteiger partial charge is 0.114 e. The summed E-state index contributed by atoms with van der Waals surface area (Å²) in [6.07, 6.45) is 0. The topological polar surface area (TPSA) is 0 Å². The summed E-state index contributed by atoms with van der Waals surface area (Å²) in [6.45, 7) is 7.08. The number of halogens is 1. The Morgan fingerprint density at radius 3 is 2.00 bits per heavy atom. The van der Waals surface area contributed by atoms with Crippen molar-refractivity contribution in [2.45, 2.75) is 24.5 Å². The zero-order chi connectivity index (χ0) is 9.19. The van der Waals surface area contributed by atoms with E-state index >= 15 is 0 Å². The SMILES string of the molecule is C[Si](C)(C)Sc1ccc(Br)cc1. The predicted molar refractivity (Wildman–Crippen MR) is 63.3 cm³/mol. The molecule has 0 radical (unpaired) electrons. The number of benzene rings is 1. The summed E-state index contributed by atoms with van der Waals surface area (Å²) in [5.41, 5.74) is 0. The Kier molecular flexibility index (Phi) is 3.44. The van der Waals surface area contributed by atoms with Gasteiger partial charge in [-0.15, -0.1) is 0 Å². The lowest BCUT2D eigenvalue weighted by Gasteiger charge is -2.14. The monoisotopic (exact) mass is 260 g/mol. The van der Waals surface area contributed by atoms with Crippen LogP contribution in [0, 0.1) is 0 Å². The Hall–Kier alpha value is 0.267. The maximum absolute atomic E-state index is 3.43. The summed E-state index contributed by atoms with van der Waals surface area (Å²) in [4.78, 5) is 1.39. The van der Waals surface area contributed by atoms with Crippen LogP contribution in [0.2, 0.25) is 19.6 Å². The molecule has 0 spiro atoms. The Morgan fingerprint density at radius 2 is 1.58 bits per heavy atom. The molecule has 1 aromatic carbocycles. The summed E-state index contributed by atoms with van der Waals surface area (Å²) in [6, 6.07) is 8.55. The van der Waals surface area contributed by atoms with E-state index in [0.717, 1.165) is 4.47 Å². The molecule has 0 heterocycles. The molecule has 0 fully saturated rings. The first-order valence-electron chi connectivity index (χ1n) is 3.92. The quantitative estimate of drug-likeness (QED) is 0.712. The molecule has 0 amide bonds. The van der Waals surface area contributed by atoms with Crippen molar-refractivity contribution in [1.29, 1.82) is 0 Å². The average Bonchev–Trinajstić information content (AvgIpc) is 1.91. The van der Waals surface area contributed by atoms with E-state index in [1.165, 1.54) is 4.90 Å². The molecule has 0 atom stereocenters. The fraction of sp³-hybridized carbons (Fsp3) is 0.333. The van der Waals surface area contributed by atoms with Crippen molar-refractivity contribution in [2.24, 2.45) is 0 Å². The summed E-state index contributed by atoms with van der Waals surface area (Å²) in [5, 5.41) is 0. The van der Waals surface area contributed by atoms with Crippen LogP contribution < -0.4 is 0 Å². The molecule has 3 heteroatoms. The van der Waals surface area contributed by atoms with Gasteiger partial charge >= 0.3 is 0 Å². The van der Waals surface area contributed by atoms with Gasteiger partial charge in [0.15, 0.2) is 0 Å². The van der Waals surface area contributed by atoms with Gasteiger partial charge in [-0.3, -0.25) is 0 Å². The molecule has 0 bridgehead atoms. The van der Waals surface area contributed by atoms with Crippen molar-refractivity contribution >= 4 is 34.4 Å². The van der Waals surface area contributed by atoms with E-state index in [1.807, 2.05) is 11.2 Å². The van der Waals surface area contributed by atoms with Crippen molar-refractivity contribution < 1.29 is 0 Å². The highest BCUT2D eigenvalue weighted by Crippen LogP contribution is 2.29. The zero-order valence-corrected chi connectivity index (χ0v) is 11.0. The summed E-state index contributed by atoms with van der Waals surface area (Å²) in [5.74, 6) is 0. The maximum Gasteiger partial charge on any atom is 0.114 e. The van der Waals surface area contributed by atoms with E-state index in [1.54, 1.807) is 0 Å². The molecule has 0 saturated carbocycles. The van der Waals surface area contributed by atoms with Crippen molar-refractivity contribution in [3.63, 3.8) is 0 Å². The lowest BCUT2D eigenvalue weighted by Crippen LogP contribution is -2.13. The van der Waals surface area contributed by atoms with Crippen molar-refractivity contribution in [1.82, 2.24) is 0 Å². The summed E-state index contributed by atoms with van der Waals surface area (Å²) in [7, 11) is -1.01. The molecule has 0 aliphatic rings. The van der Waals surface area contributed by atoms with E-state index in [4.69, 9.17) is 0 Å². The van der Waals surface area contributed by atoms with Crippen LogP contribution in [0.4, 0.5) is 0 Å². The molecule has 1 rings (SSSR count). The zero-order valence-electron chi connectivity index (χ0n) is 7.60. The molecule has 1 aromatic rings. The Balaban J connectivity index is 2.71. The minimum Gasteiger partial charge on any atom is -0.152 e. The van der Waals surface area contributed by atoms with Crippen molar-refractivity contribution in [3.05, 3.63) is 28.7 Å². The van der Waals surface area contributed by atoms with E-state index < -0.39 is 7.22 Å². The summed E-state index contributed by atoms with van der Waals surface area (Å²) < 4.78 is 1.16.